The van der Waals surface area contributed by atoms with Gasteiger partial charge in [0.15, 0.2) is 0 Å². The molecular formula is C21H31ClN2O3. The number of aliphatic hydroxyl groups excluding tert-OH is 1. The molecule has 2 saturated carbocycles. The van der Waals surface area contributed by atoms with Crippen LogP contribution in [0.4, 0.5) is 0 Å². The summed E-state index contributed by atoms with van der Waals surface area (Å²) in [6.07, 6.45) is 5.03. The lowest BCUT2D eigenvalue weighted by atomic mass is 9.68. The Morgan fingerprint density at radius 3 is 2.85 bits per heavy atom. The number of hydrogen-bond donors (Lipinski definition) is 3. The van der Waals surface area contributed by atoms with Crippen LogP contribution in [0.3, 0.4) is 0 Å². The van der Waals surface area contributed by atoms with Gasteiger partial charge in [0.25, 0.3) is 0 Å². The number of nitrogens with one attached hydrogen (secondary N) is 2. The van der Waals surface area contributed by atoms with Crippen molar-refractivity contribution in [2.75, 3.05) is 26.7 Å². The van der Waals surface area contributed by atoms with Crippen LogP contribution < -0.4 is 15.4 Å². The molecule has 150 valence electrons. The van der Waals surface area contributed by atoms with Crippen molar-refractivity contribution < 1.29 is 14.6 Å². The number of ether oxygens (including phenoxy) is 1. The van der Waals surface area contributed by atoms with Crippen LogP contribution in [0.15, 0.2) is 24.3 Å². The normalized spacial score (nSPS) is 34.3. The highest BCUT2D eigenvalue weighted by molar-refractivity contribution is 5.85. The molecule has 2 aliphatic carbocycles. The number of carbonyl (C=O) groups excluding carboxylic acids is 1. The van der Waals surface area contributed by atoms with Gasteiger partial charge < -0.3 is 20.5 Å². The third-order valence-corrected chi connectivity index (χ3v) is 6.91. The zero-order valence-corrected chi connectivity index (χ0v) is 16.8. The predicted molar refractivity (Wildman–Crippen MR) is 107 cm³/mol. The average molecular weight is 395 g/mol. The maximum absolute atomic E-state index is 13.3. The van der Waals surface area contributed by atoms with Gasteiger partial charge in [0.1, 0.15) is 5.75 Å². The monoisotopic (exact) mass is 394 g/mol. The third-order valence-electron chi connectivity index (χ3n) is 6.91. The predicted octanol–water partition coefficient (Wildman–Crippen LogP) is 2.16. The Morgan fingerprint density at radius 2 is 2.22 bits per heavy atom. The van der Waals surface area contributed by atoms with Gasteiger partial charge in [0.2, 0.25) is 5.91 Å². The number of fused-ring (bicyclic) bond motifs is 2. The first-order chi connectivity index (χ1) is 12.6. The molecule has 27 heavy (non-hydrogen) atoms. The molecule has 3 aliphatic rings. The van der Waals surface area contributed by atoms with E-state index in [2.05, 4.69) is 22.8 Å². The van der Waals surface area contributed by atoms with Gasteiger partial charge in [0.05, 0.1) is 18.6 Å². The van der Waals surface area contributed by atoms with E-state index in [1.165, 1.54) is 18.4 Å². The second-order valence-electron chi connectivity index (χ2n) is 8.46. The molecule has 3 fully saturated rings. The number of aliphatic hydroxyl groups is 1. The van der Waals surface area contributed by atoms with E-state index in [4.69, 9.17) is 4.74 Å². The van der Waals surface area contributed by atoms with Gasteiger partial charge in [-0.05, 0) is 55.2 Å². The number of halogens is 1. The summed E-state index contributed by atoms with van der Waals surface area (Å²) in [6, 6.07) is 8.12. The van der Waals surface area contributed by atoms with E-state index >= 15 is 0 Å². The molecule has 0 radical (unpaired) electrons. The molecule has 0 aromatic heterocycles. The number of amides is 1. The number of benzene rings is 1. The van der Waals surface area contributed by atoms with Crippen LogP contribution in [0.1, 0.15) is 31.2 Å². The average Bonchev–Trinajstić information content (AvgIpc) is 3.36. The Hall–Kier alpha value is -1.30. The highest BCUT2D eigenvalue weighted by atomic mass is 35.5. The van der Waals surface area contributed by atoms with Crippen molar-refractivity contribution >= 4 is 18.3 Å². The smallest absolute Gasteiger partial charge is 0.226 e. The van der Waals surface area contributed by atoms with Crippen LogP contribution in [0.5, 0.6) is 5.75 Å². The number of methoxy groups -OCH3 is 1. The topological polar surface area (TPSA) is 70.6 Å². The molecule has 5 nitrogen and oxygen atoms in total. The van der Waals surface area contributed by atoms with E-state index in [9.17, 15) is 9.90 Å². The zero-order valence-electron chi connectivity index (χ0n) is 15.9. The molecule has 1 amide bonds. The van der Waals surface area contributed by atoms with Crippen LogP contribution >= 0.6 is 12.4 Å². The van der Waals surface area contributed by atoms with E-state index in [1.807, 2.05) is 12.1 Å². The Labute approximate surface area is 167 Å². The summed E-state index contributed by atoms with van der Waals surface area (Å²) < 4.78 is 5.37. The van der Waals surface area contributed by atoms with E-state index in [-0.39, 0.29) is 35.8 Å². The molecule has 5 atom stereocenters. The molecule has 6 heteroatoms. The highest BCUT2D eigenvalue weighted by Crippen LogP contribution is 2.57. The Balaban J connectivity index is 0.00000210. The Morgan fingerprint density at radius 1 is 1.37 bits per heavy atom. The van der Waals surface area contributed by atoms with Crippen molar-refractivity contribution in [3.8, 4) is 5.75 Å². The van der Waals surface area contributed by atoms with Crippen LogP contribution in [-0.4, -0.2) is 43.9 Å². The van der Waals surface area contributed by atoms with Gasteiger partial charge in [-0.2, -0.15) is 0 Å². The summed E-state index contributed by atoms with van der Waals surface area (Å²) in [6.45, 7) is 1.96. The number of hydrogen-bond acceptors (Lipinski definition) is 4. The lowest BCUT2D eigenvalue weighted by Gasteiger charge is -2.37. The van der Waals surface area contributed by atoms with Gasteiger partial charge in [0, 0.05) is 25.6 Å². The lowest BCUT2D eigenvalue weighted by Crippen LogP contribution is -2.48. The van der Waals surface area contributed by atoms with Gasteiger partial charge >= 0.3 is 0 Å². The molecule has 2 bridgehead atoms. The quantitative estimate of drug-likeness (QED) is 0.691. The summed E-state index contributed by atoms with van der Waals surface area (Å²) in [5.41, 5.74) is 0.876. The molecule has 1 aromatic carbocycles. The van der Waals surface area contributed by atoms with E-state index in [0.29, 0.717) is 24.9 Å². The lowest BCUT2D eigenvalue weighted by molar-refractivity contribution is -0.134. The van der Waals surface area contributed by atoms with Crippen LogP contribution in [-0.2, 0) is 11.2 Å². The van der Waals surface area contributed by atoms with Crippen LogP contribution in [0.2, 0.25) is 0 Å². The molecule has 5 unspecified atom stereocenters. The largest absolute Gasteiger partial charge is 0.497 e. The van der Waals surface area contributed by atoms with Gasteiger partial charge in [-0.1, -0.05) is 18.6 Å². The minimum absolute atomic E-state index is 0. The minimum atomic E-state index is -0.357. The van der Waals surface area contributed by atoms with Crippen LogP contribution in [0, 0.1) is 23.2 Å². The number of carbonyl (C=O) groups is 1. The Kier molecular flexibility index (Phi) is 6.34. The maximum Gasteiger partial charge on any atom is 0.226 e. The van der Waals surface area contributed by atoms with Gasteiger partial charge in [-0.3, -0.25) is 4.79 Å². The zero-order chi connectivity index (χ0) is 18.1. The maximum atomic E-state index is 13.3. The summed E-state index contributed by atoms with van der Waals surface area (Å²) in [5, 5.41) is 16.4. The molecule has 1 aromatic rings. The second-order valence-corrected chi connectivity index (χ2v) is 8.46. The summed E-state index contributed by atoms with van der Waals surface area (Å²) in [4.78, 5) is 13.3. The summed E-state index contributed by atoms with van der Waals surface area (Å²) in [5.74, 6) is 2.32. The summed E-state index contributed by atoms with van der Waals surface area (Å²) >= 11 is 0. The third kappa shape index (κ3) is 3.96. The standard InChI is InChI=1S/C21H30N2O3.ClH/c1-26-18-4-2-3-14(8-18)9-21(10-15-5-6-17(21)7-15)20(25)23-12-16-11-22-13-19(16)24;/h2-4,8,15-17,19,22,24H,5-7,9-13H2,1H3,(H,23,25);1H. The fourth-order valence-corrected chi connectivity index (χ4v) is 5.49. The van der Waals surface area contributed by atoms with Crippen molar-refractivity contribution in [1.82, 2.24) is 10.6 Å². The van der Waals surface area contributed by atoms with Crippen molar-refractivity contribution in [1.29, 1.82) is 0 Å². The molecule has 1 saturated heterocycles. The molecule has 0 spiro atoms. The van der Waals surface area contributed by atoms with Gasteiger partial charge in [-0.15, -0.1) is 12.4 Å². The molecule has 3 N–H and O–H groups in total. The summed E-state index contributed by atoms with van der Waals surface area (Å²) in [7, 11) is 1.68. The molecular weight excluding hydrogens is 364 g/mol. The van der Waals surface area contributed by atoms with Crippen molar-refractivity contribution in [3.63, 3.8) is 0 Å². The van der Waals surface area contributed by atoms with E-state index in [1.54, 1.807) is 7.11 Å². The van der Waals surface area contributed by atoms with Crippen LogP contribution in [0.25, 0.3) is 0 Å². The van der Waals surface area contributed by atoms with Gasteiger partial charge in [-0.25, -0.2) is 0 Å². The molecule has 4 rings (SSSR count). The fourth-order valence-electron chi connectivity index (χ4n) is 5.49. The Bertz CT molecular complexity index is 671. The highest BCUT2D eigenvalue weighted by Gasteiger charge is 2.55. The molecule has 1 heterocycles. The van der Waals surface area contributed by atoms with Crippen molar-refractivity contribution in [3.05, 3.63) is 29.8 Å². The first-order valence-corrected chi connectivity index (χ1v) is 9.91. The SMILES string of the molecule is COc1cccc(CC2(C(=O)NCC3CNCC3O)CC3CCC2C3)c1.Cl. The number of rotatable bonds is 6. The first-order valence-electron chi connectivity index (χ1n) is 9.91. The van der Waals surface area contributed by atoms with Crippen molar-refractivity contribution in [2.45, 2.75) is 38.2 Å². The number of β-amino-alcohol motifs (C(OH)–C–C–N with tert-alkyl or cyclic N) is 1. The van der Waals surface area contributed by atoms with Crippen molar-refractivity contribution in [2.24, 2.45) is 23.2 Å². The minimum Gasteiger partial charge on any atom is -0.497 e. The fraction of sp³-hybridized carbons (Fsp3) is 0.667. The van der Waals surface area contributed by atoms with E-state index in [0.717, 1.165) is 31.6 Å². The van der Waals surface area contributed by atoms with E-state index < -0.39 is 0 Å². The first kappa shape index (κ1) is 20.4. The molecule has 1 aliphatic heterocycles. The second kappa shape index (κ2) is 8.38.